The van der Waals surface area contributed by atoms with Gasteiger partial charge >= 0.3 is 0 Å². The van der Waals surface area contributed by atoms with Gasteiger partial charge in [0.15, 0.2) is 0 Å². The second-order valence-electron chi connectivity index (χ2n) is 5.69. The van der Waals surface area contributed by atoms with Crippen molar-refractivity contribution >= 4 is 5.78 Å². The second-order valence-corrected chi connectivity index (χ2v) is 5.69. The largest absolute Gasteiger partial charge is 0.300 e. The molecule has 16 heavy (non-hydrogen) atoms. The van der Waals surface area contributed by atoms with Crippen molar-refractivity contribution in [2.45, 2.75) is 65.2 Å². The Hall–Kier alpha value is -0.590. The summed E-state index contributed by atoms with van der Waals surface area (Å²) in [6.45, 7) is 8.42. The summed E-state index contributed by atoms with van der Waals surface area (Å²) in [4.78, 5) is 10.7. The van der Waals surface area contributed by atoms with Gasteiger partial charge in [-0.1, -0.05) is 32.4 Å². The van der Waals surface area contributed by atoms with E-state index in [1.165, 1.54) is 37.7 Å². The molecule has 0 heterocycles. The van der Waals surface area contributed by atoms with Gasteiger partial charge in [0.2, 0.25) is 0 Å². The number of hydrogen-bond acceptors (Lipinski definition) is 1. The highest BCUT2D eigenvalue weighted by Gasteiger charge is 2.14. The number of Topliss-reactive ketones (excluding diaryl/α,β-unsaturated/α-hetero) is 1. The Bertz CT molecular complexity index is 216. The molecule has 0 aromatic carbocycles. The Morgan fingerprint density at radius 1 is 1.00 bits per heavy atom. The van der Waals surface area contributed by atoms with Gasteiger partial charge in [-0.05, 0) is 43.9 Å². The van der Waals surface area contributed by atoms with Crippen molar-refractivity contribution in [2.24, 2.45) is 11.8 Å². The van der Waals surface area contributed by atoms with E-state index in [2.05, 4.69) is 20.4 Å². The SMILES string of the molecule is C=C1CCC[C@@H](C)C1.C[C@@H]1CCCC(=O)C1. The predicted molar refractivity (Wildman–Crippen MR) is 69.4 cm³/mol. The first-order chi connectivity index (χ1) is 7.58. The maximum atomic E-state index is 10.7. The van der Waals surface area contributed by atoms with Crippen LogP contribution in [0.4, 0.5) is 0 Å². The zero-order chi connectivity index (χ0) is 12.0. The van der Waals surface area contributed by atoms with Gasteiger partial charge in [-0.2, -0.15) is 0 Å². The quantitative estimate of drug-likeness (QED) is 0.551. The van der Waals surface area contributed by atoms with Gasteiger partial charge in [0.1, 0.15) is 5.78 Å². The summed E-state index contributed by atoms with van der Waals surface area (Å²) in [5.41, 5.74) is 1.46. The maximum Gasteiger partial charge on any atom is 0.133 e. The van der Waals surface area contributed by atoms with Crippen LogP contribution in [-0.4, -0.2) is 5.78 Å². The van der Waals surface area contributed by atoms with E-state index in [9.17, 15) is 4.79 Å². The lowest BCUT2D eigenvalue weighted by Gasteiger charge is -2.18. The summed E-state index contributed by atoms with van der Waals surface area (Å²) in [5.74, 6) is 2.04. The average molecular weight is 222 g/mol. The summed E-state index contributed by atoms with van der Waals surface area (Å²) in [6.07, 6.45) is 9.40. The molecule has 2 aliphatic carbocycles. The first-order valence-corrected chi connectivity index (χ1v) is 6.76. The monoisotopic (exact) mass is 222 g/mol. The van der Waals surface area contributed by atoms with Gasteiger partial charge in [-0.15, -0.1) is 0 Å². The number of hydrogen-bond donors (Lipinski definition) is 0. The summed E-state index contributed by atoms with van der Waals surface area (Å²) in [6, 6.07) is 0. The molecule has 2 fully saturated rings. The molecule has 0 radical (unpaired) electrons. The zero-order valence-electron chi connectivity index (χ0n) is 10.9. The molecule has 0 aliphatic heterocycles. The van der Waals surface area contributed by atoms with Crippen molar-refractivity contribution in [3.05, 3.63) is 12.2 Å². The molecule has 2 saturated carbocycles. The molecular formula is C15H26O. The molecule has 1 nitrogen and oxygen atoms in total. The van der Waals surface area contributed by atoms with Gasteiger partial charge in [0.05, 0.1) is 0 Å². The summed E-state index contributed by atoms with van der Waals surface area (Å²) < 4.78 is 0. The molecule has 0 spiro atoms. The van der Waals surface area contributed by atoms with Crippen LogP contribution in [0.2, 0.25) is 0 Å². The van der Waals surface area contributed by atoms with Crippen molar-refractivity contribution in [1.29, 1.82) is 0 Å². The van der Waals surface area contributed by atoms with Crippen LogP contribution in [0.3, 0.4) is 0 Å². The van der Waals surface area contributed by atoms with Crippen molar-refractivity contribution in [2.75, 3.05) is 0 Å². The third-order valence-corrected chi connectivity index (χ3v) is 3.59. The van der Waals surface area contributed by atoms with E-state index in [0.29, 0.717) is 11.7 Å². The molecule has 0 bridgehead atoms. The van der Waals surface area contributed by atoms with E-state index in [1.807, 2.05) is 0 Å². The Kier molecular flexibility index (Phi) is 5.79. The van der Waals surface area contributed by atoms with Crippen molar-refractivity contribution < 1.29 is 4.79 Å². The minimum atomic E-state index is 0.462. The molecule has 2 atom stereocenters. The summed E-state index contributed by atoms with van der Waals surface area (Å²) in [5, 5.41) is 0. The van der Waals surface area contributed by atoms with Crippen molar-refractivity contribution in [3.8, 4) is 0 Å². The van der Waals surface area contributed by atoms with Gasteiger partial charge < -0.3 is 0 Å². The molecule has 0 unspecified atom stereocenters. The second kappa shape index (κ2) is 6.88. The molecule has 92 valence electrons. The Labute approximate surface area is 100 Å². The van der Waals surface area contributed by atoms with E-state index < -0.39 is 0 Å². The normalized spacial score (nSPS) is 30.6. The fraction of sp³-hybridized carbons (Fsp3) is 0.800. The molecule has 0 N–H and O–H groups in total. The Balaban J connectivity index is 0.000000160. The summed E-state index contributed by atoms with van der Waals surface area (Å²) in [7, 11) is 0. The molecule has 0 amide bonds. The number of carbonyl (C=O) groups is 1. The first-order valence-electron chi connectivity index (χ1n) is 6.76. The van der Waals surface area contributed by atoms with E-state index in [0.717, 1.165) is 25.2 Å². The van der Waals surface area contributed by atoms with Crippen LogP contribution in [0.15, 0.2) is 12.2 Å². The van der Waals surface area contributed by atoms with E-state index >= 15 is 0 Å². The summed E-state index contributed by atoms with van der Waals surface area (Å²) >= 11 is 0. The van der Waals surface area contributed by atoms with Crippen LogP contribution in [0, 0.1) is 11.8 Å². The van der Waals surface area contributed by atoms with Gasteiger partial charge in [0, 0.05) is 12.8 Å². The van der Waals surface area contributed by atoms with E-state index in [-0.39, 0.29) is 0 Å². The highest BCUT2D eigenvalue weighted by Crippen LogP contribution is 2.26. The fourth-order valence-electron chi connectivity index (χ4n) is 2.64. The third-order valence-electron chi connectivity index (χ3n) is 3.59. The van der Waals surface area contributed by atoms with Crippen molar-refractivity contribution in [1.82, 2.24) is 0 Å². The topological polar surface area (TPSA) is 17.1 Å². The molecule has 1 heteroatoms. The van der Waals surface area contributed by atoms with E-state index in [1.54, 1.807) is 0 Å². The van der Waals surface area contributed by atoms with Crippen molar-refractivity contribution in [3.63, 3.8) is 0 Å². The molecule has 0 saturated heterocycles. The lowest BCUT2D eigenvalue weighted by Crippen LogP contribution is -2.11. The van der Waals surface area contributed by atoms with Gasteiger partial charge in [-0.3, -0.25) is 4.79 Å². The number of carbonyl (C=O) groups excluding carboxylic acids is 1. The molecule has 2 rings (SSSR count). The van der Waals surface area contributed by atoms with Gasteiger partial charge in [0.25, 0.3) is 0 Å². The third kappa shape index (κ3) is 5.48. The molecular weight excluding hydrogens is 196 g/mol. The highest BCUT2D eigenvalue weighted by atomic mass is 16.1. The number of ketones is 1. The fourth-order valence-corrected chi connectivity index (χ4v) is 2.64. The van der Waals surface area contributed by atoms with Gasteiger partial charge in [-0.25, -0.2) is 0 Å². The van der Waals surface area contributed by atoms with E-state index in [4.69, 9.17) is 0 Å². The molecule has 0 aromatic rings. The molecule has 2 aliphatic rings. The van der Waals surface area contributed by atoms with Crippen LogP contribution in [0.5, 0.6) is 0 Å². The van der Waals surface area contributed by atoms with Crippen LogP contribution in [0.25, 0.3) is 0 Å². The van der Waals surface area contributed by atoms with Crippen LogP contribution >= 0.6 is 0 Å². The Morgan fingerprint density at radius 3 is 1.88 bits per heavy atom. The maximum absolute atomic E-state index is 10.7. The zero-order valence-corrected chi connectivity index (χ0v) is 10.9. The minimum Gasteiger partial charge on any atom is -0.300 e. The predicted octanol–water partition coefficient (Wildman–Crippen LogP) is 4.52. The highest BCUT2D eigenvalue weighted by molar-refractivity contribution is 5.79. The number of rotatable bonds is 0. The smallest absolute Gasteiger partial charge is 0.133 e. The number of allylic oxidation sites excluding steroid dienone is 1. The first kappa shape index (κ1) is 13.5. The van der Waals surface area contributed by atoms with Crippen LogP contribution < -0.4 is 0 Å². The average Bonchev–Trinajstić information content (AvgIpc) is 2.17. The molecule has 0 aromatic heterocycles. The lowest BCUT2D eigenvalue weighted by atomic mass is 9.88. The lowest BCUT2D eigenvalue weighted by molar-refractivity contribution is -0.121. The van der Waals surface area contributed by atoms with Crippen LogP contribution in [-0.2, 0) is 4.79 Å². The minimum absolute atomic E-state index is 0.462. The standard InChI is InChI=1S/C8H14.C7H12O/c1-7-4-3-5-8(2)6-7;1-6-3-2-4-7(8)5-6/h8H,1,3-6H2,2H3;6H,2-5H2,1H3/t8-;6-/m11/s1. The Morgan fingerprint density at radius 2 is 1.56 bits per heavy atom. The van der Waals surface area contributed by atoms with Crippen LogP contribution in [0.1, 0.15) is 65.2 Å².